The molecule has 3 N–H and O–H groups in total. The Kier molecular flexibility index (Phi) is 4.81. The third-order valence-corrected chi connectivity index (χ3v) is 2.91. The van der Waals surface area contributed by atoms with E-state index in [1.807, 2.05) is 25.1 Å². The minimum absolute atomic E-state index is 0.0610. The molecule has 20 heavy (non-hydrogen) atoms. The van der Waals surface area contributed by atoms with Gasteiger partial charge in [-0.15, -0.1) is 0 Å². The van der Waals surface area contributed by atoms with Crippen molar-refractivity contribution in [2.45, 2.75) is 19.8 Å². The van der Waals surface area contributed by atoms with E-state index in [2.05, 4.69) is 16.0 Å². The molecule has 0 saturated carbocycles. The molecule has 0 saturated heterocycles. The van der Waals surface area contributed by atoms with Crippen molar-refractivity contribution in [2.75, 3.05) is 25.0 Å². The van der Waals surface area contributed by atoms with Crippen molar-refractivity contribution in [3.63, 3.8) is 0 Å². The number of carbonyl (C=O) groups is 2. The predicted octanol–water partition coefficient (Wildman–Crippen LogP) is 1.27. The zero-order valence-corrected chi connectivity index (χ0v) is 11.5. The first kappa shape index (κ1) is 14.2. The summed E-state index contributed by atoms with van der Waals surface area (Å²) in [5.74, 6) is 0.536. The Hall–Kier alpha value is -2.24. The summed E-state index contributed by atoms with van der Waals surface area (Å²) in [7, 11) is 0. The molecule has 0 aromatic heterocycles. The van der Waals surface area contributed by atoms with E-state index in [1.54, 1.807) is 0 Å². The second kappa shape index (κ2) is 6.79. The molecule has 0 aliphatic carbocycles. The van der Waals surface area contributed by atoms with Crippen molar-refractivity contribution in [3.8, 4) is 5.75 Å². The Balaban J connectivity index is 1.83. The first-order chi connectivity index (χ1) is 9.69. The molecular formula is C14H19N3O3. The summed E-state index contributed by atoms with van der Waals surface area (Å²) in [4.78, 5) is 22.6. The van der Waals surface area contributed by atoms with Gasteiger partial charge >= 0.3 is 6.03 Å². The highest BCUT2D eigenvalue weighted by Gasteiger charge is 2.15. The van der Waals surface area contributed by atoms with E-state index in [4.69, 9.17) is 4.74 Å². The average Bonchev–Trinajstić information content (AvgIpc) is 2.44. The van der Waals surface area contributed by atoms with E-state index in [0.717, 1.165) is 12.0 Å². The molecule has 3 amide bonds. The zero-order chi connectivity index (χ0) is 14.4. The molecule has 1 aromatic rings. The fraction of sp³-hybridized carbons (Fsp3) is 0.429. The monoisotopic (exact) mass is 277 g/mol. The average molecular weight is 277 g/mol. The third kappa shape index (κ3) is 3.88. The number of hydrogen-bond donors (Lipinski definition) is 3. The summed E-state index contributed by atoms with van der Waals surface area (Å²) < 4.78 is 5.29. The summed E-state index contributed by atoms with van der Waals surface area (Å²) in [5.41, 5.74) is 1.72. The number of ether oxygens (including phenoxy) is 1. The molecule has 0 fully saturated rings. The van der Waals surface area contributed by atoms with Crippen molar-refractivity contribution in [1.29, 1.82) is 0 Å². The van der Waals surface area contributed by atoms with Gasteiger partial charge in [-0.1, -0.05) is 13.0 Å². The Labute approximate surface area is 117 Å². The van der Waals surface area contributed by atoms with Crippen LogP contribution in [0.1, 0.15) is 18.9 Å². The summed E-state index contributed by atoms with van der Waals surface area (Å²) in [5, 5.41) is 8.30. The molecule has 0 bridgehead atoms. The number of benzene rings is 1. The minimum atomic E-state index is -0.151. The molecule has 1 aliphatic rings. The van der Waals surface area contributed by atoms with Gasteiger partial charge in [0.15, 0.2) is 6.61 Å². The number of carbonyl (C=O) groups excluding carboxylic acids is 2. The molecule has 0 radical (unpaired) electrons. The molecule has 6 heteroatoms. The van der Waals surface area contributed by atoms with Crippen molar-refractivity contribution in [2.24, 2.45) is 0 Å². The van der Waals surface area contributed by atoms with E-state index in [9.17, 15) is 9.59 Å². The van der Waals surface area contributed by atoms with Crippen LogP contribution in [0.3, 0.4) is 0 Å². The molecule has 1 aliphatic heterocycles. The Morgan fingerprint density at radius 2 is 2.15 bits per heavy atom. The molecule has 108 valence electrons. The van der Waals surface area contributed by atoms with Gasteiger partial charge in [-0.25, -0.2) is 4.79 Å². The summed E-state index contributed by atoms with van der Waals surface area (Å²) in [6, 6.07) is 5.49. The summed E-state index contributed by atoms with van der Waals surface area (Å²) >= 11 is 0. The van der Waals surface area contributed by atoms with Gasteiger partial charge in [0.2, 0.25) is 0 Å². The van der Waals surface area contributed by atoms with Crippen LogP contribution in [0.4, 0.5) is 10.5 Å². The standard InChI is InChI=1S/C14H19N3O3/c1-2-6-15-14(19)16-7-5-10-3-4-12-11(8-10)17-13(18)9-20-12/h3-4,8H,2,5-7,9H2,1H3,(H,17,18)(H2,15,16,19). The fourth-order valence-corrected chi connectivity index (χ4v) is 1.91. The molecule has 1 heterocycles. The van der Waals surface area contributed by atoms with Crippen LogP contribution in [0.2, 0.25) is 0 Å². The van der Waals surface area contributed by atoms with Gasteiger partial charge in [-0.3, -0.25) is 4.79 Å². The zero-order valence-electron chi connectivity index (χ0n) is 11.5. The van der Waals surface area contributed by atoms with Crippen molar-refractivity contribution in [1.82, 2.24) is 10.6 Å². The van der Waals surface area contributed by atoms with Crippen molar-refractivity contribution >= 4 is 17.6 Å². The van der Waals surface area contributed by atoms with E-state index in [-0.39, 0.29) is 18.5 Å². The molecule has 0 atom stereocenters. The van der Waals surface area contributed by atoms with Crippen LogP contribution in [0.15, 0.2) is 18.2 Å². The first-order valence-electron chi connectivity index (χ1n) is 6.76. The molecule has 2 rings (SSSR count). The molecular weight excluding hydrogens is 258 g/mol. The second-order valence-corrected chi connectivity index (χ2v) is 4.60. The van der Waals surface area contributed by atoms with Gasteiger partial charge in [0.1, 0.15) is 5.75 Å². The maximum Gasteiger partial charge on any atom is 0.314 e. The van der Waals surface area contributed by atoms with Gasteiger partial charge in [0.05, 0.1) is 5.69 Å². The van der Waals surface area contributed by atoms with Gasteiger partial charge in [0, 0.05) is 13.1 Å². The van der Waals surface area contributed by atoms with E-state index in [1.165, 1.54) is 0 Å². The third-order valence-electron chi connectivity index (χ3n) is 2.91. The van der Waals surface area contributed by atoms with Crippen LogP contribution in [0.5, 0.6) is 5.75 Å². The SMILES string of the molecule is CCCNC(=O)NCCc1ccc2c(c1)NC(=O)CO2. The number of anilines is 1. The van der Waals surface area contributed by atoms with E-state index in [0.29, 0.717) is 30.9 Å². The highest BCUT2D eigenvalue weighted by molar-refractivity contribution is 5.95. The van der Waals surface area contributed by atoms with Crippen LogP contribution in [0.25, 0.3) is 0 Å². The van der Waals surface area contributed by atoms with Crippen molar-refractivity contribution in [3.05, 3.63) is 23.8 Å². The number of fused-ring (bicyclic) bond motifs is 1. The Morgan fingerprint density at radius 1 is 1.35 bits per heavy atom. The molecule has 0 unspecified atom stereocenters. The second-order valence-electron chi connectivity index (χ2n) is 4.60. The fourth-order valence-electron chi connectivity index (χ4n) is 1.91. The molecule has 1 aromatic carbocycles. The van der Waals surface area contributed by atoms with Gasteiger partial charge < -0.3 is 20.7 Å². The van der Waals surface area contributed by atoms with Crippen LogP contribution in [-0.2, 0) is 11.2 Å². The van der Waals surface area contributed by atoms with Crippen LogP contribution < -0.4 is 20.7 Å². The van der Waals surface area contributed by atoms with E-state index < -0.39 is 0 Å². The lowest BCUT2D eigenvalue weighted by molar-refractivity contribution is -0.118. The highest BCUT2D eigenvalue weighted by Crippen LogP contribution is 2.28. The lowest BCUT2D eigenvalue weighted by atomic mass is 10.1. The number of rotatable bonds is 5. The van der Waals surface area contributed by atoms with Crippen LogP contribution in [-0.4, -0.2) is 31.6 Å². The van der Waals surface area contributed by atoms with Crippen molar-refractivity contribution < 1.29 is 14.3 Å². The topological polar surface area (TPSA) is 79.5 Å². The number of nitrogens with one attached hydrogen (secondary N) is 3. The summed E-state index contributed by atoms with van der Waals surface area (Å²) in [6.07, 6.45) is 1.61. The maximum atomic E-state index is 11.4. The largest absolute Gasteiger partial charge is 0.482 e. The number of urea groups is 1. The Morgan fingerprint density at radius 3 is 2.95 bits per heavy atom. The smallest absolute Gasteiger partial charge is 0.314 e. The van der Waals surface area contributed by atoms with Gasteiger partial charge in [-0.05, 0) is 30.5 Å². The minimum Gasteiger partial charge on any atom is -0.482 e. The lowest BCUT2D eigenvalue weighted by Crippen LogP contribution is -2.36. The van der Waals surface area contributed by atoms with Gasteiger partial charge in [-0.2, -0.15) is 0 Å². The maximum absolute atomic E-state index is 11.4. The predicted molar refractivity (Wildman–Crippen MR) is 76.0 cm³/mol. The normalized spacial score (nSPS) is 12.9. The summed E-state index contributed by atoms with van der Waals surface area (Å²) in [6.45, 7) is 3.28. The van der Waals surface area contributed by atoms with E-state index >= 15 is 0 Å². The van der Waals surface area contributed by atoms with Crippen LogP contribution in [0, 0.1) is 0 Å². The Bertz CT molecular complexity index is 502. The number of hydrogen-bond acceptors (Lipinski definition) is 3. The lowest BCUT2D eigenvalue weighted by Gasteiger charge is -2.18. The molecule has 6 nitrogen and oxygen atoms in total. The van der Waals surface area contributed by atoms with Gasteiger partial charge in [0.25, 0.3) is 5.91 Å². The van der Waals surface area contributed by atoms with Crippen LogP contribution >= 0.6 is 0 Å². The first-order valence-corrected chi connectivity index (χ1v) is 6.76. The quantitative estimate of drug-likeness (QED) is 0.758. The number of amides is 3. The molecule has 0 spiro atoms. The highest BCUT2D eigenvalue weighted by atomic mass is 16.5.